The molecule has 0 spiro atoms. The molecule has 2 amide bonds. The second-order valence-electron chi connectivity index (χ2n) is 8.19. The molecule has 12 nitrogen and oxygen atoms in total. The lowest BCUT2D eigenvalue weighted by Gasteiger charge is -2.49. The van der Waals surface area contributed by atoms with Gasteiger partial charge in [0.2, 0.25) is 0 Å². The molecule has 3 aromatic heterocycles. The second-order valence-corrected chi connectivity index (χ2v) is 10.6. The number of carbonyl (C=O) groups excluding carboxylic acids is 2. The Morgan fingerprint density at radius 3 is 2.95 bits per heavy atom. The number of amides is 2. The summed E-state index contributed by atoms with van der Waals surface area (Å²) in [5.41, 5.74) is 6.71. The maximum absolute atomic E-state index is 13.1. The van der Waals surface area contributed by atoms with Crippen molar-refractivity contribution in [3.8, 4) is 0 Å². The van der Waals surface area contributed by atoms with Crippen molar-refractivity contribution in [3.05, 3.63) is 58.1 Å². The van der Waals surface area contributed by atoms with Crippen molar-refractivity contribution in [1.82, 2.24) is 19.6 Å². The van der Waals surface area contributed by atoms with Gasteiger partial charge in [0, 0.05) is 22.8 Å². The van der Waals surface area contributed by atoms with Gasteiger partial charge in [-0.15, -0.1) is 23.1 Å². The summed E-state index contributed by atoms with van der Waals surface area (Å²) in [6, 6.07) is 2.54. The van der Waals surface area contributed by atoms with E-state index in [9.17, 15) is 23.9 Å². The van der Waals surface area contributed by atoms with Crippen LogP contribution < -0.4 is 15.6 Å². The van der Waals surface area contributed by atoms with Gasteiger partial charge in [-0.3, -0.25) is 14.5 Å². The molecule has 5 heterocycles. The Hall–Kier alpha value is -3.69. The number of pyridine rings is 1. The zero-order valence-electron chi connectivity index (χ0n) is 19.4. The highest BCUT2D eigenvalue weighted by Crippen LogP contribution is 2.40. The predicted molar refractivity (Wildman–Crippen MR) is 137 cm³/mol. The summed E-state index contributed by atoms with van der Waals surface area (Å²) in [6.45, 7) is -0.943. The summed E-state index contributed by atoms with van der Waals surface area (Å²) in [4.78, 5) is 48.3. The topological polar surface area (TPSA) is 155 Å². The molecule has 2 atom stereocenters. The van der Waals surface area contributed by atoms with E-state index < -0.39 is 35.9 Å². The number of aromatic nitrogens is 3. The van der Waals surface area contributed by atoms with Crippen LogP contribution in [0, 0.1) is 0 Å². The number of nitrogens with zero attached hydrogens (tertiary/aromatic N) is 5. The van der Waals surface area contributed by atoms with Crippen LogP contribution >= 0.6 is 34.7 Å². The molecule has 0 radical (unpaired) electrons. The van der Waals surface area contributed by atoms with Crippen LogP contribution in [0.3, 0.4) is 0 Å². The molecule has 198 valence electrons. The van der Waals surface area contributed by atoms with E-state index >= 15 is 0 Å². The van der Waals surface area contributed by atoms with Gasteiger partial charge in [0.25, 0.3) is 17.5 Å². The van der Waals surface area contributed by atoms with Crippen molar-refractivity contribution in [2.45, 2.75) is 18.0 Å². The monoisotopic (exact) mass is 580 g/mol. The number of nitrogens with one attached hydrogen (secondary N) is 1. The Kier molecular flexibility index (Phi) is 7.23. The minimum atomic E-state index is -1.24. The smallest absolute Gasteiger partial charge is 0.352 e. The molecule has 16 heteroatoms. The summed E-state index contributed by atoms with van der Waals surface area (Å²) in [5.74, 6) is -2.28. The number of rotatable bonds is 9. The molecule has 3 aromatic rings. The SMILES string of the molecule is Nc1nc(/C(=N/OCCF)C(=O)N[C@@H]2C(=O)N3C(C(=O)O)=C(C[n+]4ccn5cc(Cl)ccc54)CS[C@H]23)cs1. The highest BCUT2D eigenvalue weighted by Gasteiger charge is 2.54. The van der Waals surface area contributed by atoms with Crippen LogP contribution in [-0.2, 0) is 25.8 Å². The fraction of sp³-hybridized carbons (Fsp3) is 0.273. The van der Waals surface area contributed by atoms with Gasteiger partial charge in [-0.25, -0.2) is 23.1 Å². The van der Waals surface area contributed by atoms with Gasteiger partial charge in [0.15, 0.2) is 10.8 Å². The number of β-lactam (4-membered cyclic amide) rings is 1. The first-order valence-corrected chi connectivity index (χ1v) is 13.4. The van der Waals surface area contributed by atoms with Crippen LogP contribution in [0.25, 0.3) is 5.65 Å². The minimum Gasteiger partial charge on any atom is -0.477 e. The van der Waals surface area contributed by atoms with E-state index in [0.29, 0.717) is 16.3 Å². The average molecular weight is 581 g/mol. The van der Waals surface area contributed by atoms with Crippen LogP contribution in [0.5, 0.6) is 0 Å². The van der Waals surface area contributed by atoms with E-state index in [0.717, 1.165) is 17.0 Å². The Morgan fingerprint density at radius 1 is 1.42 bits per heavy atom. The van der Waals surface area contributed by atoms with E-state index in [2.05, 4.69) is 15.5 Å². The molecule has 4 N–H and O–H groups in total. The fourth-order valence-corrected chi connectivity index (χ4v) is 6.22. The molecule has 1 saturated heterocycles. The molecule has 0 unspecified atom stereocenters. The number of nitrogens with two attached hydrogens (primary N) is 1. The first-order valence-electron chi connectivity index (χ1n) is 11.1. The Bertz CT molecular complexity index is 1510. The van der Waals surface area contributed by atoms with Crippen molar-refractivity contribution in [1.29, 1.82) is 0 Å². The third-order valence-electron chi connectivity index (χ3n) is 5.82. The highest BCUT2D eigenvalue weighted by molar-refractivity contribution is 8.00. The number of anilines is 1. The lowest BCUT2D eigenvalue weighted by molar-refractivity contribution is -0.662. The van der Waals surface area contributed by atoms with Crippen molar-refractivity contribution >= 4 is 69.0 Å². The standard InChI is InChI=1S/C22H19ClFN7O5S2/c23-12-1-2-14-29(4-5-30(14)8-12)7-11-9-37-20-16(19(33)31(20)17(11)21(34)35)27-18(32)15(28-36-6-3-24)13-10-38-22(25)26-13/h1-2,4-5,8,10,16,20H,3,6-7,9H2,(H3-,25,26,27,32,34,35)/p+1/b28-15-/t16-,20-/m1/s1. The molecule has 0 saturated carbocycles. The molecular weight excluding hydrogens is 561 g/mol. The summed E-state index contributed by atoms with van der Waals surface area (Å²) < 4.78 is 16.1. The number of hydrogen-bond donors (Lipinski definition) is 3. The van der Waals surface area contributed by atoms with Gasteiger partial charge in [0.1, 0.15) is 61.2 Å². The predicted octanol–water partition coefficient (Wildman–Crippen LogP) is 1.05. The maximum Gasteiger partial charge on any atom is 0.352 e. The number of aliphatic carboxylic acids is 1. The van der Waals surface area contributed by atoms with Crippen molar-refractivity contribution < 1.29 is 33.3 Å². The van der Waals surface area contributed by atoms with E-state index in [-0.39, 0.29) is 35.4 Å². The summed E-state index contributed by atoms with van der Waals surface area (Å²) in [5, 5.41) is 17.8. The molecule has 2 aliphatic rings. The average Bonchev–Trinajstić information content (AvgIpc) is 3.50. The second kappa shape index (κ2) is 10.6. The molecule has 0 bridgehead atoms. The van der Waals surface area contributed by atoms with E-state index in [4.69, 9.17) is 22.2 Å². The minimum absolute atomic E-state index is 0.107. The molecule has 38 heavy (non-hydrogen) atoms. The van der Waals surface area contributed by atoms with Crippen LogP contribution in [0.1, 0.15) is 5.69 Å². The number of fused-ring (bicyclic) bond motifs is 2. The third-order valence-corrected chi connectivity index (χ3v) is 8.06. The number of thiazole rings is 1. The van der Waals surface area contributed by atoms with Gasteiger partial charge in [-0.1, -0.05) is 16.8 Å². The number of imidazole rings is 1. The summed E-state index contributed by atoms with van der Waals surface area (Å²) in [6.07, 6.45) is 5.33. The number of alkyl halides is 1. The quantitative estimate of drug-likeness (QED) is 0.111. The molecule has 0 aliphatic carbocycles. The number of hydrogen-bond acceptors (Lipinski definition) is 9. The third kappa shape index (κ3) is 4.79. The van der Waals surface area contributed by atoms with Gasteiger partial charge >= 0.3 is 5.97 Å². The van der Waals surface area contributed by atoms with Crippen LogP contribution in [0.4, 0.5) is 9.52 Å². The lowest BCUT2D eigenvalue weighted by atomic mass is 10.0. The van der Waals surface area contributed by atoms with E-state index in [1.807, 2.05) is 15.0 Å². The van der Waals surface area contributed by atoms with Crippen molar-refractivity contribution in [2.24, 2.45) is 5.16 Å². The van der Waals surface area contributed by atoms with E-state index in [1.165, 1.54) is 22.0 Å². The van der Waals surface area contributed by atoms with Crippen LogP contribution in [0.2, 0.25) is 5.02 Å². The first-order chi connectivity index (χ1) is 18.3. The van der Waals surface area contributed by atoms with Gasteiger partial charge in [-0.2, -0.15) is 0 Å². The Labute approximate surface area is 227 Å². The van der Waals surface area contributed by atoms with Gasteiger partial charge in [-0.05, 0) is 6.07 Å². The summed E-state index contributed by atoms with van der Waals surface area (Å²) >= 11 is 8.45. The summed E-state index contributed by atoms with van der Waals surface area (Å²) in [7, 11) is 0. The molecule has 1 fully saturated rings. The Morgan fingerprint density at radius 2 is 2.24 bits per heavy atom. The molecule has 5 rings (SSSR count). The normalized spacial score (nSPS) is 19.4. The number of oxime groups is 1. The van der Waals surface area contributed by atoms with Crippen molar-refractivity contribution in [3.63, 3.8) is 0 Å². The first kappa shape index (κ1) is 25.9. The Balaban J connectivity index is 1.36. The molecule has 2 aliphatic heterocycles. The highest BCUT2D eigenvalue weighted by atomic mass is 35.5. The molecule has 0 aromatic carbocycles. The van der Waals surface area contributed by atoms with Crippen molar-refractivity contribution in [2.75, 3.05) is 24.8 Å². The largest absolute Gasteiger partial charge is 0.477 e. The van der Waals surface area contributed by atoms with Crippen LogP contribution in [0.15, 0.2) is 52.5 Å². The lowest BCUT2D eigenvalue weighted by Crippen LogP contribution is -2.71. The molecular formula is C22H20ClFN7O5S2+. The number of carboxylic acid groups (broad SMARTS) is 1. The number of thioether (sulfide) groups is 1. The maximum atomic E-state index is 13.1. The fourth-order valence-electron chi connectivity index (χ4n) is 4.17. The van der Waals surface area contributed by atoms with Crippen LogP contribution in [-0.4, -0.2) is 73.3 Å². The number of carboxylic acids is 1. The zero-order valence-corrected chi connectivity index (χ0v) is 21.8. The van der Waals surface area contributed by atoms with Gasteiger partial charge in [0.05, 0.1) is 5.02 Å². The number of halogens is 2. The van der Waals surface area contributed by atoms with Gasteiger partial charge < -0.3 is 21.0 Å². The zero-order chi connectivity index (χ0) is 27.0. The number of carbonyl (C=O) groups is 3. The number of nitrogen functional groups attached to an aromatic ring is 1. The van der Waals surface area contributed by atoms with E-state index in [1.54, 1.807) is 24.7 Å².